The highest BCUT2D eigenvalue weighted by Crippen LogP contribution is 2.33. The summed E-state index contributed by atoms with van der Waals surface area (Å²) in [4.78, 5) is 16.1. The number of nitrogens with zero attached hydrogens (tertiary/aromatic N) is 1. The molecule has 1 heterocycles. The third-order valence-corrected chi connectivity index (χ3v) is 4.59. The molecule has 0 radical (unpaired) electrons. The molecule has 0 unspecified atom stereocenters. The van der Waals surface area contributed by atoms with Gasteiger partial charge in [-0.15, -0.1) is 0 Å². The molecule has 0 bridgehead atoms. The molecular weight excluding hydrogens is 387 g/mol. The minimum Gasteiger partial charge on any atom is -0.481 e. The number of para-hydroxylation sites is 2. The summed E-state index contributed by atoms with van der Waals surface area (Å²) < 4.78 is 0. The quantitative estimate of drug-likeness (QED) is 0.667. The Balaban J connectivity index is 0.000000273. The Hall–Kier alpha value is -1.79. The van der Waals surface area contributed by atoms with Gasteiger partial charge < -0.3 is 10.4 Å². The molecule has 1 aliphatic rings. The number of carboxylic acids is 1. The summed E-state index contributed by atoms with van der Waals surface area (Å²) in [6.45, 7) is 5.11. The standard InChI is InChI=1S/C14H11Cl2NO2.C6H13NO/c15-10-5-3-6-11(16)14(10)17-12-7-2-1-4-9(12)8-13(18)19;1-2-8-7-5-3-4-6-7/h1-7,17H,8H2,(H,18,19);2-6H2,1H3. The molecule has 5 nitrogen and oxygen atoms in total. The van der Waals surface area contributed by atoms with Crippen molar-refractivity contribution in [3.63, 3.8) is 0 Å². The number of benzene rings is 2. The predicted octanol–water partition coefficient (Wildman–Crippen LogP) is 5.40. The monoisotopic (exact) mass is 410 g/mol. The van der Waals surface area contributed by atoms with Crippen molar-refractivity contribution < 1.29 is 14.7 Å². The van der Waals surface area contributed by atoms with Gasteiger partial charge in [-0.05, 0) is 43.5 Å². The van der Waals surface area contributed by atoms with Crippen LogP contribution in [-0.4, -0.2) is 35.8 Å². The van der Waals surface area contributed by atoms with Crippen LogP contribution in [0, 0.1) is 0 Å². The van der Waals surface area contributed by atoms with Gasteiger partial charge in [0.05, 0.1) is 28.8 Å². The normalized spacial score (nSPS) is 13.7. The maximum Gasteiger partial charge on any atom is 0.307 e. The fraction of sp³-hybridized carbons (Fsp3) is 0.350. The lowest BCUT2D eigenvalue weighted by atomic mass is 10.1. The Kier molecular flexibility index (Phi) is 8.88. The van der Waals surface area contributed by atoms with E-state index in [1.165, 1.54) is 12.8 Å². The van der Waals surface area contributed by atoms with Gasteiger partial charge in [0.15, 0.2) is 0 Å². The Bertz CT molecular complexity index is 730. The van der Waals surface area contributed by atoms with Gasteiger partial charge in [-0.25, -0.2) is 0 Å². The predicted molar refractivity (Wildman–Crippen MR) is 110 cm³/mol. The summed E-state index contributed by atoms with van der Waals surface area (Å²) in [6, 6.07) is 12.3. The summed E-state index contributed by atoms with van der Waals surface area (Å²) >= 11 is 12.1. The second-order valence-corrected chi connectivity index (χ2v) is 6.82. The maximum atomic E-state index is 10.8. The zero-order chi connectivity index (χ0) is 19.6. The van der Waals surface area contributed by atoms with Crippen LogP contribution in [0.15, 0.2) is 42.5 Å². The van der Waals surface area contributed by atoms with Crippen molar-refractivity contribution >= 4 is 40.5 Å². The lowest BCUT2D eigenvalue weighted by molar-refractivity contribution is -0.137. The van der Waals surface area contributed by atoms with E-state index in [-0.39, 0.29) is 6.42 Å². The molecule has 1 aliphatic heterocycles. The summed E-state index contributed by atoms with van der Waals surface area (Å²) in [5.41, 5.74) is 1.93. The van der Waals surface area contributed by atoms with Crippen molar-refractivity contribution in [2.45, 2.75) is 26.2 Å². The Morgan fingerprint density at radius 1 is 1.11 bits per heavy atom. The van der Waals surface area contributed by atoms with E-state index in [2.05, 4.69) is 5.32 Å². The van der Waals surface area contributed by atoms with E-state index in [9.17, 15) is 4.79 Å². The molecule has 2 aromatic carbocycles. The van der Waals surface area contributed by atoms with E-state index >= 15 is 0 Å². The van der Waals surface area contributed by atoms with Crippen LogP contribution in [-0.2, 0) is 16.1 Å². The van der Waals surface area contributed by atoms with Crippen molar-refractivity contribution in [1.82, 2.24) is 5.06 Å². The number of rotatable bonds is 6. The van der Waals surface area contributed by atoms with Crippen LogP contribution in [0.2, 0.25) is 10.0 Å². The molecule has 27 heavy (non-hydrogen) atoms. The lowest BCUT2D eigenvalue weighted by Crippen LogP contribution is -2.19. The van der Waals surface area contributed by atoms with E-state index in [4.69, 9.17) is 33.1 Å². The topological polar surface area (TPSA) is 61.8 Å². The molecule has 3 rings (SSSR count). The van der Waals surface area contributed by atoms with Crippen LogP contribution >= 0.6 is 23.2 Å². The molecule has 2 N–H and O–H groups in total. The summed E-state index contributed by atoms with van der Waals surface area (Å²) in [5.74, 6) is -0.889. The number of nitrogens with one attached hydrogen (secondary N) is 1. The second-order valence-electron chi connectivity index (χ2n) is 6.00. The zero-order valence-corrected chi connectivity index (χ0v) is 16.8. The molecule has 146 valence electrons. The summed E-state index contributed by atoms with van der Waals surface area (Å²) in [7, 11) is 0. The molecule has 0 atom stereocenters. The number of hydroxylamine groups is 2. The molecule has 2 aromatic rings. The number of carboxylic acid groups (broad SMARTS) is 1. The van der Waals surface area contributed by atoms with Crippen LogP contribution in [0.25, 0.3) is 0 Å². The van der Waals surface area contributed by atoms with Crippen LogP contribution < -0.4 is 5.32 Å². The Morgan fingerprint density at radius 3 is 2.33 bits per heavy atom. The summed E-state index contributed by atoms with van der Waals surface area (Å²) in [5, 5.41) is 15.0. The number of carbonyl (C=O) groups is 1. The molecule has 7 heteroatoms. The summed E-state index contributed by atoms with van der Waals surface area (Å²) in [6.07, 6.45) is 2.55. The first-order valence-corrected chi connectivity index (χ1v) is 9.65. The SMILES string of the molecule is CCON1CCCC1.O=C(O)Cc1ccccc1Nc1c(Cl)cccc1Cl. The van der Waals surface area contributed by atoms with Gasteiger partial charge in [0.25, 0.3) is 0 Å². The van der Waals surface area contributed by atoms with Crippen LogP contribution in [0.3, 0.4) is 0 Å². The van der Waals surface area contributed by atoms with E-state index in [1.807, 2.05) is 18.1 Å². The van der Waals surface area contributed by atoms with E-state index in [0.717, 1.165) is 19.7 Å². The van der Waals surface area contributed by atoms with Crippen molar-refractivity contribution in [3.8, 4) is 0 Å². The number of anilines is 2. The zero-order valence-electron chi connectivity index (χ0n) is 15.3. The van der Waals surface area contributed by atoms with Crippen LogP contribution in [0.1, 0.15) is 25.3 Å². The fourth-order valence-corrected chi connectivity index (χ4v) is 3.20. The van der Waals surface area contributed by atoms with Crippen molar-refractivity contribution in [2.24, 2.45) is 0 Å². The fourth-order valence-electron chi connectivity index (χ4n) is 2.71. The highest BCUT2D eigenvalue weighted by atomic mass is 35.5. The average molecular weight is 411 g/mol. The van der Waals surface area contributed by atoms with Gasteiger partial charge in [-0.3, -0.25) is 9.63 Å². The van der Waals surface area contributed by atoms with Gasteiger partial charge in [-0.1, -0.05) is 47.5 Å². The van der Waals surface area contributed by atoms with Gasteiger partial charge in [0.1, 0.15) is 0 Å². The Morgan fingerprint density at radius 2 is 1.74 bits per heavy atom. The minimum atomic E-state index is -0.889. The number of hydrogen-bond acceptors (Lipinski definition) is 4. The third kappa shape index (κ3) is 7.03. The van der Waals surface area contributed by atoms with Crippen molar-refractivity contribution in [1.29, 1.82) is 0 Å². The van der Waals surface area contributed by atoms with Crippen molar-refractivity contribution in [2.75, 3.05) is 25.0 Å². The van der Waals surface area contributed by atoms with E-state index in [1.54, 1.807) is 36.4 Å². The number of halogens is 2. The molecule has 0 saturated carbocycles. The molecule has 0 spiro atoms. The highest BCUT2D eigenvalue weighted by molar-refractivity contribution is 6.39. The molecule has 0 aromatic heterocycles. The van der Waals surface area contributed by atoms with Gasteiger partial charge in [0, 0.05) is 18.8 Å². The third-order valence-electron chi connectivity index (χ3n) is 3.96. The number of aliphatic carboxylic acids is 1. The lowest BCUT2D eigenvalue weighted by Gasteiger charge is -2.13. The second kappa shape index (κ2) is 11.1. The van der Waals surface area contributed by atoms with E-state index in [0.29, 0.717) is 27.0 Å². The first-order valence-electron chi connectivity index (χ1n) is 8.89. The Labute approximate surface area is 169 Å². The van der Waals surface area contributed by atoms with Gasteiger partial charge >= 0.3 is 5.97 Å². The smallest absolute Gasteiger partial charge is 0.307 e. The maximum absolute atomic E-state index is 10.8. The van der Waals surface area contributed by atoms with Crippen molar-refractivity contribution in [3.05, 3.63) is 58.1 Å². The molecular formula is C20H24Cl2N2O3. The van der Waals surface area contributed by atoms with Gasteiger partial charge in [-0.2, -0.15) is 5.06 Å². The molecule has 0 amide bonds. The first-order chi connectivity index (χ1) is 13.0. The molecule has 1 saturated heterocycles. The molecule has 0 aliphatic carbocycles. The van der Waals surface area contributed by atoms with Crippen LogP contribution in [0.5, 0.6) is 0 Å². The van der Waals surface area contributed by atoms with Crippen LogP contribution in [0.4, 0.5) is 11.4 Å². The number of hydrogen-bond donors (Lipinski definition) is 2. The highest BCUT2D eigenvalue weighted by Gasteiger charge is 2.11. The van der Waals surface area contributed by atoms with Gasteiger partial charge in [0.2, 0.25) is 0 Å². The largest absolute Gasteiger partial charge is 0.481 e. The minimum absolute atomic E-state index is 0.0642. The van der Waals surface area contributed by atoms with E-state index < -0.39 is 5.97 Å². The first kappa shape index (κ1) is 21.5. The molecule has 1 fully saturated rings. The average Bonchev–Trinajstić information content (AvgIpc) is 3.13.